The maximum absolute atomic E-state index is 12.9. The molecule has 1 saturated carbocycles. The molecule has 100 valence electrons. The number of halogens is 1. The van der Waals surface area contributed by atoms with E-state index < -0.39 is 0 Å². The molecule has 0 unspecified atom stereocenters. The highest BCUT2D eigenvalue weighted by Gasteiger charge is 2.30. The summed E-state index contributed by atoms with van der Waals surface area (Å²) in [6, 6.07) is 7.38. The molecular weight excluding hydrogens is 241 g/mol. The van der Waals surface area contributed by atoms with Crippen LogP contribution in [0.25, 0.3) is 0 Å². The fourth-order valence-corrected chi connectivity index (χ4v) is 2.59. The van der Waals surface area contributed by atoms with Crippen LogP contribution in [-0.2, 0) is 6.54 Å². The minimum atomic E-state index is -0.162. The molecule has 1 aliphatic rings. The minimum absolute atomic E-state index is 0.162. The van der Waals surface area contributed by atoms with E-state index in [1.807, 2.05) is 29.2 Å². The Morgan fingerprint density at radius 2 is 2.05 bits per heavy atom. The van der Waals surface area contributed by atoms with Crippen molar-refractivity contribution < 1.29 is 4.39 Å². The van der Waals surface area contributed by atoms with Crippen molar-refractivity contribution in [1.29, 1.82) is 0 Å². The topological polar surface area (TPSA) is 29.9 Å². The molecule has 1 aliphatic carbocycles. The van der Waals surface area contributed by atoms with Gasteiger partial charge >= 0.3 is 0 Å². The Morgan fingerprint density at radius 1 is 1.32 bits per heavy atom. The van der Waals surface area contributed by atoms with Crippen LogP contribution in [0, 0.1) is 5.82 Å². The maximum Gasteiger partial charge on any atom is 0.123 e. The number of aryl methyl sites for hydroxylation is 1. The number of hydrogen-bond acceptors (Lipinski definition) is 2. The molecule has 0 aliphatic heterocycles. The van der Waals surface area contributed by atoms with Crippen molar-refractivity contribution in [1.82, 2.24) is 9.78 Å². The molecule has 0 saturated heterocycles. The zero-order valence-electron chi connectivity index (χ0n) is 11.0. The van der Waals surface area contributed by atoms with Crippen molar-refractivity contribution in [3.8, 4) is 0 Å². The SMILES string of the molecule is CCn1cc(NC2CC(c3ccc(F)cc3)C2)cn1. The predicted molar refractivity (Wildman–Crippen MR) is 73.7 cm³/mol. The number of benzene rings is 1. The average molecular weight is 259 g/mol. The maximum atomic E-state index is 12.9. The normalized spacial score (nSPS) is 22.0. The monoisotopic (exact) mass is 259 g/mol. The summed E-state index contributed by atoms with van der Waals surface area (Å²) in [6.07, 6.45) is 6.10. The quantitative estimate of drug-likeness (QED) is 0.912. The zero-order chi connectivity index (χ0) is 13.2. The van der Waals surface area contributed by atoms with Crippen LogP contribution in [0.4, 0.5) is 10.1 Å². The lowest BCUT2D eigenvalue weighted by Gasteiger charge is -2.36. The molecule has 2 aromatic rings. The van der Waals surface area contributed by atoms with Crippen molar-refractivity contribution in [2.75, 3.05) is 5.32 Å². The molecule has 1 fully saturated rings. The molecule has 3 rings (SSSR count). The van der Waals surface area contributed by atoms with Crippen molar-refractivity contribution in [2.45, 2.75) is 38.3 Å². The molecule has 0 radical (unpaired) electrons. The largest absolute Gasteiger partial charge is 0.380 e. The van der Waals surface area contributed by atoms with E-state index in [0.29, 0.717) is 12.0 Å². The third-order valence-electron chi connectivity index (χ3n) is 3.81. The summed E-state index contributed by atoms with van der Waals surface area (Å²) in [5, 5.41) is 7.73. The Kier molecular flexibility index (Phi) is 3.23. The number of anilines is 1. The highest BCUT2D eigenvalue weighted by molar-refractivity contribution is 5.41. The highest BCUT2D eigenvalue weighted by atomic mass is 19.1. The summed E-state index contributed by atoms with van der Waals surface area (Å²) in [4.78, 5) is 0. The fraction of sp³-hybridized carbons (Fsp3) is 0.400. The van der Waals surface area contributed by atoms with E-state index in [-0.39, 0.29) is 5.82 Å². The van der Waals surface area contributed by atoms with Crippen LogP contribution in [0.5, 0.6) is 0 Å². The average Bonchev–Trinajstić information content (AvgIpc) is 2.82. The molecule has 0 atom stereocenters. The van der Waals surface area contributed by atoms with Crippen LogP contribution >= 0.6 is 0 Å². The van der Waals surface area contributed by atoms with Crippen molar-refractivity contribution in [3.05, 3.63) is 48.0 Å². The predicted octanol–water partition coefficient (Wildman–Crippen LogP) is 3.40. The lowest BCUT2D eigenvalue weighted by molar-refractivity contribution is 0.374. The molecule has 0 bridgehead atoms. The first-order valence-corrected chi connectivity index (χ1v) is 6.79. The van der Waals surface area contributed by atoms with Gasteiger partial charge in [-0.1, -0.05) is 12.1 Å². The lowest BCUT2D eigenvalue weighted by Crippen LogP contribution is -2.33. The van der Waals surface area contributed by atoms with Gasteiger partial charge in [-0.2, -0.15) is 5.10 Å². The molecule has 0 amide bonds. The number of aromatic nitrogens is 2. The van der Waals surface area contributed by atoms with Crippen LogP contribution in [0.2, 0.25) is 0 Å². The van der Waals surface area contributed by atoms with Crippen molar-refractivity contribution in [2.24, 2.45) is 0 Å². The van der Waals surface area contributed by atoms with Gasteiger partial charge in [-0.25, -0.2) is 4.39 Å². The first-order valence-electron chi connectivity index (χ1n) is 6.79. The van der Waals surface area contributed by atoms with E-state index >= 15 is 0 Å². The van der Waals surface area contributed by atoms with Gasteiger partial charge in [0, 0.05) is 18.8 Å². The Labute approximate surface area is 112 Å². The number of nitrogens with one attached hydrogen (secondary N) is 1. The van der Waals surface area contributed by atoms with Gasteiger partial charge in [0.25, 0.3) is 0 Å². The first-order chi connectivity index (χ1) is 9.24. The summed E-state index contributed by atoms with van der Waals surface area (Å²) in [6.45, 7) is 2.97. The second-order valence-corrected chi connectivity index (χ2v) is 5.15. The van der Waals surface area contributed by atoms with Gasteiger partial charge in [0.2, 0.25) is 0 Å². The molecule has 1 heterocycles. The number of nitrogens with zero attached hydrogens (tertiary/aromatic N) is 2. The summed E-state index contributed by atoms with van der Waals surface area (Å²) < 4.78 is 14.8. The second-order valence-electron chi connectivity index (χ2n) is 5.15. The molecule has 4 heteroatoms. The third-order valence-corrected chi connectivity index (χ3v) is 3.81. The molecule has 19 heavy (non-hydrogen) atoms. The Morgan fingerprint density at radius 3 is 2.68 bits per heavy atom. The number of rotatable bonds is 4. The van der Waals surface area contributed by atoms with E-state index in [4.69, 9.17) is 0 Å². The van der Waals surface area contributed by atoms with Gasteiger partial charge in [0.05, 0.1) is 11.9 Å². The van der Waals surface area contributed by atoms with Crippen LogP contribution in [0.1, 0.15) is 31.2 Å². The smallest absolute Gasteiger partial charge is 0.123 e. The van der Waals surface area contributed by atoms with Gasteiger partial charge in [-0.15, -0.1) is 0 Å². The summed E-state index contributed by atoms with van der Waals surface area (Å²) in [5.41, 5.74) is 2.33. The van der Waals surface area contributed by atoms with Crippen LogP contribution in [0.3, 0.4) is 0 Å². The molecular formula is C15H18FN3. The summed E-state index contributed by atoms with van der Waals surface area (Å²) in [7, 11) is 0. The lowest BCUT2D eigenvalue weighted by atomic mass is 9.76. The van der Waals surface area contributed by atoms with Gasteiger partial charge in [-0.3, -0.25) is 4.68 Å². The highest BCUT2D eigenvalue weighted by Crippen LogP contribution is 2.38. The van der Waals surface area contributed by atoms with Crippen LogP contribution in [0.15, 0.2) is 36.7 Å². The van der Waals surface area contributed by atoms with E-state index in [0.717, 1.165) is 25.1 Å². The fourth-order valence-electron chi connectivity index (χ4n) is 2.59. The minimum Gasteiger partial charge on any atom is -0.380 e. The number of hydrogen-bond donors (Lipinski definition) is 1. The first kappa shape index (κ1) is 12.2. The Bertz CT molecular complexity index is 541. The van der Waals surface area contributed by atoms with Gasteiger partial charge in [0.1, 0.15) is 5.82 Å². The third kappa shape index (κ3) is 2.62. The molecule has 1 N–H and O–H groups in total. The summed E-state index contributed by atoms with van der Waals surface area (Å²) in [5.74, 6) is 0.393. The second kappa shape index (κ2) is 5.03. The van der Waals surface area contributed by atoms with Gasteiger partial charge in [0.15, 0.2) is 0 Å². The van der Waals surface area contributed by atoms with E-state index in [9.17, 15) is 4.39 Å². The van der Waals surface area contributed by atoms with Crippen LogP contribution < -0.4 is 5.32 Å². The zero-order valence-corrected chi connectivity index (χ0v) is 11.0. The van der Waals surface area contributed by atoms with Gasteiger partial charge in [-0.05, 0) is 43.4 Å². The molecule has 3 nitrogen and oxygen atoms in total. The molecule has 0 spiro atoms. The molecule has 1 aromatic heterocycles. The van der Waals surface area contributed by atoms with E-state index in [1.54, 1.807) is 12.1 Å². The summed E-state index contributed by atoms with van der Waals surface area (Å²) >= 11 is 0. The standard InChI is InChI=1S/C15H18FN3/c1-2-19-10-15(9-17-19)18-14-7-12(8-14)11-3-5-13(16)6-4-11/h3-6,9-10,12,14,18H,2,7-8H2,1H3. The van der Waals surface area contributed by atoms with E-state index in [2.05, 4.69) is 17.3 Å². The van der Waals surface area contributed by atoms with Crippen molar-refractivity contribution in [3.63, 3.8) is 0 Å². The molecule has 1 aromatic carbocycles. The van der Waals surface area contributed by atoms with Gasteiger partial charge < -0.3 is 5.32 Å². The van der Waals surface area contributed by atoms with Crippen LogP contribution in [-0.4, -0.2) is 15.8 Å². The van der Waals surface area contributed by atoms with Crippen molar-refractivity contribution >= 4 is 5.69 Å². The van der Waals surface area contributed by atoms with E-state index in [1.165, 1.54) is 5.56 Å². The Hall–Kier alpha value is -1.84. The Balaban J connectivity index is 1.53.